The average molecular weight is 235 g/mol. The highest BCUT2D eigenvalue weighted by molar-refractivity contribution is 6.54. The van der Waals surface area contributed by atoms with E-state index in [1.165, 1.54) is 25.7 Å². The van der Waals surface area contributed by atoms with Gasteiger partial charge in [0, 0.05) is 6.04 Å². The van der Waals surface area contributed by atoms with Gasteiger partial charge >= 0.3 is 0 Å². The Hall–Kier alpha value is -0.288. The average Bonchev–Trinajstić information content (AvgIpc) is 2.72. The van der Waals surface area contributed by atoms with Crippen LogP contribution in [0.3, 0.4) is 0 Å². The maximum Gasteiger partial charge on any atom is 0.251 e. The molecular formula is C14H26AlN. The van der Waals surface area contributed by atoms with E-state index in [1.807, 2.05) is 36.4 Å². The maximum absolute atomic E-state index is 5.53. The van der Waals surface area contributed by atoms with Crippen LogP contribution in [0.2, 0.25) is 17.4 Å². The summed E-state index contributed by atoms with van der Waals surface area (Å²) in [5.41, 5.74) is 5.53. The van der Waals surface area contributed by atoms with Crippen LogP contribution in [0.4, 0.5) is 0 Å². The zero-order chi connectivity index (χ0) is 12.2. The van der Waals surface area contributed by atoms with Crippen molar-refractivity contribution in [2.75, 3.05) is 0 Å². The molecule has 0 atom stereocenters. The second kappa shape index (κ2) is 11.2. The smallest absolute Gasteiger partial charge is 0.251 e. The molecule has 2 rings (SSSR count). The molecule has 0 saturated heterocycles. The van der Waals surface area contributed by atoms with E-state index < -0.39 is 0 Å². The molecule has 1 aliphatic carbocycles. The fourth-order valence-corrected chi connectivity index (χ4v) is 1.34. The molecule has 1 aromatic carbocycles. The van der Waals surface area contributed by atoms with Crippen LogP contribution in [0.25, 0.3) is 0 Å². The van der Waals surface area contributed by atoms with Crippen molar-refractivity contribution in [3.05, 3.63) is 36.4 Å². The van der Waals surface area contributed by atoms with E-state index in [0.717, 1.165) is 0 Å². The molecule has 0 aliphatic heterocycles. The van der Waals surface area contributed by atoms with Crippen LogP contribution in [0, 0.1) is 0 Å². The zero-order valence-electron chi connectivity index (χ0n) is 11.0. The van der Waals surface area contributed by atoms with Crippen LogP contribution < -0.4 is 5.73 Å². The van der Waals surface area contributed by atoms with Crippen molar-refractivity contribution in [1.82, 2.24) is 0 Å². The van der Waals surface area contributed by atoms with Crippen molar-refractivity contribution < 1.29 is 0 Å². The normalized spacial score (nSPS) is 14.2. The predicted molar refractivity (Wildman–Crippen MR) is 76.2 cm³/mol. The number of rotatable bonds is 0. The molecule has 16 heavy (non-hydrogen) atoms. The van der Waals surface area contributed by atoms with Crippen molar-refractivity contribution in [2.24, 2.45) is 5.73 Å². The first kappa shape index (κ1) is 15.7. The molecule has 1 nitrogen and oxygen atoms in total. The summed E-state index contributed by atoms with van der Waals surface area (Å²) in [5, 5.41) is 0. The van der Waals surface area contributed by atoms with Crippen LogP contribution >= 0.6 is 0 Å². The molecule has 2 N–H and O–H groups in total. The highest BCUT2D eigenvalue weighted by Crippen LogP contribution is 2.14. The molecule has 0 aromatic heterocycles. The molecule has 0 spiro atoms. The van der Waals surface area contributed by atoms with Gasteiger partial charge in [-0.3, -0.25) is 0 Å². The van der Waals surface area contributed by atoms with Gasteiger partial charge in [-0.05, 0) is 12.8 Å². The van der Waals surface area contributed by atoms with Crippen LogP contribution in [-0.4, -0.2) is 20.2 Å². The topological polar surface area (TPSA) is 26.0 Å². The van der Waals surface area contributed by atoms with E-state index in [0.29, 0.717) is 6.04 Å². The lowest BCUT2D eigenvalue weighted by Crippen LogP contribution is -2.13. The first-order chi connectivity index (χ1) is 7.63. The van der Waals surface area contributed by atoms with Crippen molar-refractivity contribution >= 4 is 14.1 Å². The minimum atomic E-state index is -0.139. The lowest BCUT2D eigenvalue weighted by molar-refractivity contribution is 0.704. The third-order valence-electron chi connectivity index (χ3n) is 2.07. The number of hydrogen-bond acceptors (Lipinski definition) is 1. The zero-order valence-corrected chi connectivity index (χ0v) is 12.2. The highest BCUT2D eigenvalue weighted by atomic mass is 27.2. The minimum Gasteiger partial charge on any atom is -0.328 e. The Labute approximate surface area is 105 Å². The Kier molecular flexibility index (Phi) is 11.0. The van der Waals surface area contributed by atoms with Gasteiger partial charge in [-0.25, -0.2) is 0 Å². The van der Waals surface area contributed by atoms with E-state index in [4.69, 9.17) is 5.73 Å². The Morgan fingerprint density at radius 1 is 0.812 bits per heavy atom. The summed E-state index contributed by atoms with van der Waals surface area (Å²) < 4.78 is 0. The SMILES string of the molecule is NC1CCCC1.[CH3][Al]([CH3])[CH3].c1ccccc1. The van der Waals surface area contributed by atoms with Gasteiger partial charge in [-0.2, -0.15) is 0 Å². The molecule has 1 saturated carbocycles. The summed E-state index contributed by atoms with van der Waals surface area (Å²) in [4.78, 5) is 0. The minimum absolute atomic E-state index is 0.139. The largest absolute Gasteiger partial charge is 0.328 e. The van der Waals surface area contributed by atoms with E-state index >= 15 is 0 Å². The lowest BCUT2D eigenvalue weighted by Gasteiger charge is -1.92. The van der Waals surface area contributed by atoms with Gasteiger partial charge in [0.25, 0.3) is 14.1 Å². The second-order valence-electron chi connectivity index (χ2n) is 4.93. The van der Waals surface area contributed by atoms with Gasteiger partial charge in [-0.15, -0.1) is 17.4 Å². The summed E-state index contributed by atoms with van der Waals surface area (Å²) in [6, 6.07) is 12.5. The molecule has 1 aromatic rings. The summed E-state index contributed by atoms with van der Waals surface area (Å²) >= 11 is -0.139. The summed E-state index contributed by atoms with van der Waals surface area (Å²) in [5.74, 6) is 6.92. The number of benzene rings is 1. The second-order valence-corrected chi connectivity index (χ2v) is 8.40. The molecule has 0 radical (unpaired) electrons. The molecule has 1 fully saturated rings. The van der Waals surface area contributed by atoms with Crippen molar-refractivity contribution in [1.29, 1.82) is 0 Å². The van der Waals surface area contributed by atoms with Gasteiger partial charge in [-0.1, -0.05) is 49.2 Å². The molecule has 0 unspecified atom stereocenters. The highest BCUT2D eigenvalue weighted by Gasteiger charge is 2.07. The Balaban J connectivity index is 0.000000217. The van der Waals surface area contributed by atoms with Gasteiger partial charge in [0.05, 0.1) is 0 Å². The summed E-state index contributed by atoms with van der Waals surface area (Å²) in [7, 11) is 0. The first-order valence-electron chi connectivity index (χ1n) is 6.38. The first-order valence-corrected chi connectivity index (χ1v) is 9.85. The Bertz CT molecular complexity index is 188. The molecule has 0 bridgehead atoms. The molecule has 90 valence electrons. The monoisotopic (exact) mass is 235 g/mol. The molecular weight excluding hydrogens is 209 g/mol. The third kappa shape index (κ3) is 13.7. The van der Waals surface area contributed by atoms with Crippen molar-refractivity contribution in [2.45, 2.75) is 49.1 Å². The number of nitrogens with two attached hydrogens (primary N) is 1. The van der Waals surface area contributed by atoms with Gasteiger partial charge < -0.3 is 5.73 Å². The van der Waals surface area contributed by atoms with E-state index in [-0.39, 0.29) is 14.1 Å². The van der Waals surface area contributed by atoms with Crippen molar-refractivity contribution in [3.8, 4) is 0 Å². The summed E-state index contributed by atoms with van der Waals surface area (Å²) in [6.07, 6.45) is 5.25. The van der Waals surface area contributed by atoms with Crippen LogP contribution in [0.1, 0.15) is 25.7 Å². The van der Waals surface area contributed by atoms with E-state index in [2.05, 4.69) is 17.4 Å². The van der Waals surface area contributed by atoms with Gasteiger partial charge in [0.1, 0.15) is 0 Å². The van der Waals surface area contributed by atoms with E-state index in [9.17, 15) is 0 Å². The van der Waals surface area contributed by atoms with Crippen molar-refractivity contribution in [3.63, 3.8) is 0 Å². The lowest BCUT2D eigenvalue weighted by atomic mass is 10.3. The number of hydrogen-bond donors (Lipinski definition) is 1. The van der Waals surface area contributed by atoms with E-state index in [1.54, 1.807) is 0 Å². The Morgan fingerprint density at radius 3 is 1.19 bits per heavy atom. The third-order valence-corrected chi connectivity index (χ3v) is 2.07. The summed E-state index contributed by atoms with van der Waals surface area (Å²) in [6.45, 7) is 0. The van der Waals surface area contributed by atoms with Crippen LogP contribution in [-0.2, 0) is 0 Å². The standard InChI is InChI=1S/C6H6.C5H11N.3CH3.Al/c1-2-4-6-5-3-1;6-5-3-1-2-4-5;;;;/h1-6H;5H,1-4,6H2;3*1H3;. The van der Waals surface area contributed by atoms with Gasteiger partial charge in [0.15, 0.2) is 0 Å². The van der Waals surface area contributed by atoms with Gasteiger partial charge in [0.2, 0.25) is 0 Å². The predicted octanol–water partition coefficient (Wildman–Crippen LogP) is 3.94. The molecule has 0 amide bonds. The maximum atomic E-state index is 5.53. The van der Waals surface area contributed by atoms with Crippen LogP contribution in [0.15, 0.2) is 36.4 Å². The van der Waals surface area contributed by atoms with Crippen LogP contribution in [0.5, 0.6) is 0 Å². The molecule has 1 aliphatic rings. The quantitative estimate of drug-likeness (QED) is 0.677. The molecule has 0 heterocycles. The fraction of sp³-hybridized carbons (Fsp3) is 0.571. The Morgan fingerprint density at radius 2 is 1.06 bits per heavy atom. The fourth-order valence-electron chi connectivity index (χ4n) is 1.34. The molecule has 2 heteroatoms.